The Labute approximate surface area is 148 Å². The molecule has 0 aromatic heterocycles. The lowest BCUT2D eigenvalue weighted by Gasteiger charge is -2.31. The van der Waals surface area contributed by atoms with Gasteiger partial charge in [0.1, 0.15) is 12.4 Å². The predicted molar refractivity (Wildman–Crippen MR) is 93.5 cm³/mol. The largest absolute Gasteiger partial charge is 0.497 e. The summed E-state index contributed by atoms with van der Waals surface area (Å²) in [5, 5.41) is 0. The number of amides is 2. The molecular weight excluding hydrogens is 320 g/mol. The number of ether oxygens (including phenoxy) is 2. The van der Waals surface area contributed by atoms with Crippen LogP contribution in [0.4, 0.5) is 4.79 Å². The number of carbonyl (C=O) groups excluding carboxylic acids is 2. The molecule has 2 heterocycles. The van der Waals surface area contributed by atoms with E-state index in [2.05, 4.69) is 0 Å². The Balaban J connectivity index is 1.68. The molecule has 1 aromatic rings. The van der Waals surface area contributed by atoms with E-state index in [0.717, 1.165) is 43.5 Å². The molecule has 2 saturated heterocycles. The molecule has 6 heteroatoms. The van der Waals surface area contributed by atoms with Gasteiger partial charge < -0.3 is 19.3 Å². The van der Waals surface area contributed by atoms with Crippen LogP contribution in [0, 0.1) is 0 Å². The van der Waals surface area contributed by atoms with E-state index < -0.39 is 0 Å². The van der Waals surface area contributed by atoms with Crippen molar-refractivity contribution < 1.29 is 19.1 Å². The minimum absolute atomic E-state index is 0.103. The maximum absolute atomic E-state index is 12.8. The standard InChI is InChI=1S/C19H26N2O4/c1-24-16-8-6-15(7-9-16)17-5-3-2-4-11-21(17)18(22)10-12-20-13-14-25-19(20)23/h6-9,17H,2-5,10-14H2,1H3/t17-/m1/s1. The van der Waals surface area contributed by atoms with Crippen molar-refractivity contribution in [3.05, 3.63) is 29.8 Å². The summed E-state index contributed by atoms with van der Waals surface area (Å²) in [6.07, 6.45) is 4.32. The van der Waals surface area contributed by atoms with E-state index in [9.17, 15) is 9.59 Å². The molecule has 0 aliphatic carbocycles. The van der Waals surface area contributed by atoms with Gasteiger partial charge in [0.15, 0.2) is 0 Å². The van der Waals surface area contributed by atoms with Gasteiger partial charge in [-0.15, -0.1) is 0 Å². The first kappa shape index (κ1) is 17.6. The van der Waals surface area contributed by atoms with Crippen LogP contribution in [0.1, 0.15) is 43.7 Å². The van der Waals surface area contributed by atoms with Crippen LogP contribution in [0.15, 0.2) is 24.3 Å². The van der Waals surface area contributed by atoms with Crippen molar-refractivity contribution in [1.29, 1.82) is 0 Å². The van der Waals surface area contributed by atoms with E-state index in [0.29, 0.717) is 26.1 Å². The second-order valence-electron chi connectivity index (χ2n) is 6.58. The van der Waals surface area contributed by atoms with Crippen LogP contribution >= 0.6 is 0 Å². The molecule has 3 rings (SSSR count). The highest BCUT2D eigenvalue weighted by Gasteiger charge is 2.28. The van der Waals surface area contributed by atoms with Crippen LogP contribution in [0.5, 0.6) is 5.75 Å². The molecule has 0 N–H and O–H groups in total. The van der Waals surface area contributed by atoms with Gasteiger partial charge in [-0.05, 0) is 30.5 Å². The maximum Gasteiger partial charge on any atom is 0.409 e. The Hall–Kier alpha value is -2.24. The second kappa shape index (κ2) is 8.23. The van der Waals surface area contributed by atoms with E-state index in [1.807, 2.05) is 29.2 Å². The predicted octanol–water partition coefficient (Wildman–Crippen LogP) is 2.98. The number of likely N-dealkylation sites (tertiary alicyclic amines) is 1. The summed E-state index contributed by atoms with van der Waals surface area (Å²) in [7, 11) is 1.65. The number of rotatable bonds is 5. The van der Waals surface area contributed by atoms with E-state index in [1.54, 1.807) is 12.0 Å². The Morgan fingerprint density at radius 2 is 2.00 bits per heavy atom. The van der Waals surface area contributed by atoms with Gasteiger partial charge in [-0.1, -0.05) is 25.0 Å². The van der Waals surface area contributed by atoms with Crippen molar-refractivity contribution in [2.24, 2.45) is 0 Å². The van der Waals surface area contributed by atoms with Gasteiger partial charge in [0.05, 0.1) is 19.7 Å². The summed E-state index contributed by atoms with van der Waals surface area (Å²) in [6, 6.07) is 8.10. The quantitative estimate of drug-likeness (QED) is 0.822. The first-order valence-electron chi connectivity index (χ1n) is 9.04. The molecule has 1 atom stereocenters. The fraction of sp³-hybridized carbons (Fsp3) is 0.579. The zero-order valence-electron chi connectivity index (χ0n) is 14.8. The summed E-state index contributed by atoms with van der Waals surface area (Å²) < 4.78 is 10.2. The number of carbonyl (C=O) groups is 2. The van der Waals surface area contributed by atoms with Gasteiger partial charge in [0.25, 0.3) is 0 Å². The molecule has 0 spiro atoms. The van der Waals surface area contributed by atoms with E-state index in [1.165, 1.54) is 0 Å². The molecule has 2 aliphatic rings. The number of hydrogen-bond acceptors (Lipinski definition) is 4. The highest BCUT2D eigenvalue weighted by molar-refractivity contribution is 5.78. The first-order chi connectivity index (χ1) is 12.2. The Morgan fingerprint density at radius 3 is 2.68 bits per heavy atom. The van der Waals surface area contributed by atoms with Crippen molar-refractivity contribution in [3.8, 4) is 5.75 Å². The minimum Gasteiger partial charge on any atom is -0.497 e. The molecule has 0 unspecified atom stereocenters. The van der Waals surface area contributed by atoms with Gasteiger partial charge in [-0.25, -0.2) is 4.79 Å². The third kappa shape index (κ3) is 4.24. The van der Waals surface area contributed by atoms with Crippen molar-refractivity contribution in [2.45, 2.75) is 38.1 Å². The van der Waals surface area contributed by atoms with Gasteiger partial charge in [-0.3, -0.25) is 4.79 Å². The fourth-order valence-corrected chi connectivity index (χ4v) is 3.58. The zero-order chi connectivity index (χ0) is 17.6. The minimum atomic E-state index is -0.310. The van der Waals surface area contributed by atoms with Crippen LogP contribution in [0.3, 0.4) is 0 Å². The highest BCUT2D eigenvalue weighted by atomic mass is 16.6. The summed E-state index contributed by atoms with van der Waals surface area (Å²) >= 11 is 0. The molecule has 25 heavy (non-hydrogen) atoms. The second-order valence-corrected chi connectivity index (χ2v) is 6.58. The Kier molecular flexibility index (Phi) is 5.79. The third-order valence-electron chi connectivity index (χ3n) is 5.01. The number of nitrogens with zero attached hydrogens (tertiary/aromatic N) is 2. The summed E-state index contributed by atoms with van der Waals surface area (Å²) in [4.78, 5) is 28.0. The molecule has 0 bridgehead atoms. The molecular formula is C19H26N2O4. The molecule has 6 nitrogen and oxygen atoms in total. The van der Waals surface area contributed by atoms with Crippen molar-refractivity contribution in [3.63, 3.8) is 0 Å². The highest BCUT2D eigenvalue weighted by Crippen LogP contribution is 2.31. The summed E-state index contributed by atoms with van der Waals surface area (Å²) in [6.45, 7) is 2.21. The van der Waals surface area contributed by atoms with Crippen LogP contribution in [0.2, 0.25) is 0 Å². The average Bonchev–Trinajstić information content (AvgIpc) is 2.90. The first-order valence-corrected chi connectivity index (χ1v) is 9.04. The zero-order valence-corrected chi connectivity index (χ0v) is 14.8. The van der Waals surface area contributed by atoms with Crippen molar-refractivity contribution >= 4 is 12.0 Å². The van der Waals surface area contributed by atoms with Crippen LogP contribution in [0.25, 0.3) is 0 Å². The smallest absolute Gasteiger partial charge is 0.409 e. The van der Waals surface area contributed by atoms with Crippen LogP contribution in [-0.2, 0) is 9.53 Å². The molecule has 0 radical (unpaired) electrons. The van der Waals surface area contributed by atoms with Crippen molar-refractivity contribution in [1.82, 2.24) is 9.80 Å². The van der Waals surface area contributed by atoms with Gasteiger partial charge in [-0.2, -0.15) is 0 Å². The van der Waals surface area contributed by atoms with Gasteiger partial charge in [0.2, 0.25) is 5.91 Å². The molecule has 2 amide bonds. The van der Waals surface area contributed by atoms with Crippen molar-refractivity contribution in [2.75, 3.05) is 33.4 Å². The van der Waals surface area contributed by atoms with E-state index in [4.69, 9.17) is 9.47 Å². The van der Waals surface area contributed by atoms with Gasteiger partial charge >= 0.3 is 6.09 Å². The van der Waals surface area contributed by atoms with Gasteiger partial charge in [0, 0.05) is 19.5 Å². The normalized spacial score (nSPS) is 21.0. The molecule has 2 aliphatic heterocycles. The summed E-state index contributed by atoms with van der Waals surface area (Å²) in [5.74, 6) is 0.935. The van der Waals surface area contributed by atoms with E-state index >= 15 is 0 Å². The van der Waals surface area contributed by atoms with Crippen LogP contribution < -0.4 is 4.74 Å². The molecule has 0 saturated carbocycles. The average molecular weight is 346 g/mol. The Morgan fingerprint density at radius 1 is 1.20 bits per heavy atom. The number of cyclic esters (lactones) is 1. The fourth-order valence-electron chi connectivity index (χ4n) is 3.58. The Bertz CT molecular complexity index is 602. The van der Waals surface area contributed by atoms with E-state index in [-0.39, 0.29) is 18.0 Å². The number of methoxy groups -OCH3 is 1. The lowest BCUT2D eigenvalue weighted by Crippen LogP contribution is -2.37. The SMILES string of the molecule is COc1ccc([C@H]2CCCCCN2C(=O)CCN2CCOC2=O)cc1. The molecule has 136 valence electrons. The molecule has 2 fully saturated rings. The lowest BCUT2D eigenvalue weighted by atomic mass is 10.0. The number of benzene rings is 1. The van der Waals surface area contributed by atoms with Crippen LogP contribution in [-0.4, -0.2) is 55.2 Å². The topological polar surface area (TPSA) is 59.1 Å². The third-order valence-corrected chi connectivity index (χ3v) is 5.01. The lowest BCUT2D eigenvalue weighted by molar-refractivity contribution is -0.133. The monoisotopic (exact) mass is 346 g/mol. The maximum atomic E-state index is 12.8. The summed E-state index contributed by atoms with van der Waals surface area (Å²) in [5.41, 5.74) is 1.15. The number of hydrogen-bond donors (Lipinski definition) is 0. The molecule has 1 aromatic carbocycles.